The topological polar surface area (TPSA) is 26.3 Å². The molecule has 2 nitrogen and oxygen atoms in total. The molecule has 0 aromatic heterocycles. The average Bonchev–Trinajstić information content (AvgIpc) is 1.96. The van der Waals surface area contributed by atoms with E-state index in [2.05, 4.69) is 20.8 Å². The third kappa shape index (κ3) is 6.20. The van der Waals surface area contributed by atoms with Crippen LogP contribution in [-0.4, -0.2) is 12.6 Å². The fourth-order valence-corrected chi connectivity index (χ4v) is 1.01. The van der Waals surface area contributed by atoms with Gasteiger partial charge in [0.1, 0.15) is 6.10 Å². The zero-order chi connectivity index (χ0) is 9.61. The van der Waals surface area contributed by atoms with E-state index in [0.717, 1.165) is 19.3 Å². The molecule has 12 heavy (non-hydrogen) atoms. The molecular weight excluding hydrogens is 152 g/mol. The van der Waals surface area contributed by atoms with Gasteiger partial charge in [0.15, 0.2) is 0 Å². The molecule has 0 rings (SSSR count). The van der Waals surface area contributed by atoms with Crippen molar-refractivity contribution in [2.45, 2.75) is 53.1 Å². The lowest BCUT2D eigenvalue weighted by Gasteiger charge is -2.20. The molecule has 0 aliphatic rings. The summed E-state index contributed by atoms with van der Waals surface area (Å²) in [5.74, 6) is 0. The Morgan fingerprint density at radius 3 is 2.33 bits per heavy atom. The molecule has 0 aliphatic heterocycles. The Labute approximate surface area is 75.3 Å². The second-order valence-corrected chi connectivity index (χ2v) is 4.33. The number of rotatable bonds is 5. The van der Waals surface area contributed by atoms with E-state index in [4.69, 9.17) is 4.74 Å². The third-order valence-electron chi connectivity index (χ3n) is 1.89. The van der Waals surface area contributed by atoms with Crippen LogP contribution in [0.1, 0.15) is 47.0 Å². The minimum absolute atomic E-state index is 0.0572. The van der Waals surface area contributed by atoms with Crippen molar-refractivity contribution in [2.24, 2.45) is 5.41 Å². The molecule has 0 saturated heterocycles. The second-order valence-electron chi connectivity index (χ2n) is 4.33. The molecule has 0 amide bonds. The summed E-state index contributed by atoms with van der Waals surface area (Å²) in [7, 11) is 0. The van der Waals surface area contributed by atoms with Crippen LogP contribution < -0.4 is 0 Å². The van der Waals surface area contributed by atoms with E-state index in [-0.39, 0.29) is 6.10 Å². The van der Waals surface area contributed by atoms with Crippen LogP contribution in [0.2, 0.25) is 0 Å². The number of carbonyl (C=O) groups excluding carboxylic acids is 1. The first-order valence-corrected chi connectivity index (χ1v) is 4.52. The Kier molecular flexibility index (Phi) is 4.95. The van der Waals surface area contributed by atoms with Crippen LogP contribution in [0.4, 0.5) is 0 Å². The van der Waals surface area contributed by atoms with Crippen molar-refractivity contribution >= 4 is 6.47 Å². The summed E-state index contributed by atoms with van der Waals surface area (Å²) < 4.78 is 4.78. The van der Waals surface area contributed by atoms with Gasteiger partial charge in [-0.1, -0.05) is 27.7 Å². The largest absolute Gasteiger partial charge is 0.454 e. The maximum Gasteiger partial charge on any atom is 0.417 e. The lowest BCUT2D eigenvalue weighted by atomic mass is 9.89. The van der Waals surface area contributed by atoms with E-state index in [1.165, 1.54) is 6.47 Å². The van der Waals surface area contributed by atoms with Gasteiger partial charge >= 0.3 is 6.47 Å². The van der Waals surface area contributed by atoms with Crippen molar-refractivity contribution in [1.82, 2.24) is 0 Å². The molecule has 1 unspecified atom stereocenters. The van der Waals surface area contributed by atoms with Crippen LogP contribution in [-0.2, 0) is 9.53 Å². The van der Waals surface area contributed by atoms with Gasteiger partial charge in [-0.15, -0.1) is 0 Å². The molecule has 1 radical (unpaired) electrons. The van der Waals surface area contributed by atoms with Crippen LogP contribution >= 0.6 is 0 Å². The highest BCUT2D eigenvalue weighted by molar-refractivity contribution is 5.38. The number of hydrogen-bond donors (Lipinski definition) is 0. The first kappa shape index (κ1) is 11.5. The van der Waals surface area contributed by atoms with Crippen molar-refractivity contribution in [3.63, 3.8) is 0 Å². The van der Waals surface area contributed by atoms with Gasteiger partial charge in [0.2, 0.25) is 0 Å². The maximum atomic E-state index is 9.95. The first-order valence-electron chi connectivity index (χ1n) is 4.52. The fourth-order valence-electron chi connectivity index (χ4n) is 1.01. The van der Waals surface area contributed by atoms with E-state index in [1.807, 2.05) is 6.92 Å². The zero-order valence-corrected chi connectivity index (χ0v) is 8.52. The van der Waals surface area contributed by atoms with Gasteiger partial charge in [-0.3, -0.25) is 0 Å². The van der Waals surface area contributed by atoms with Gasteiger partial charge in [-0.25, -0.2) is 4.79 Å². The van der Waals surface area contributed by atoms with Gasteiger partial charge in [0.05, 0.1) is 0 Å². The average molecular weight is 171 g/mol. The van der Waals surface area contributed by atoms with Crippen LogP contribution in [0, 0.1) is 5.41 Å². The molecule has 0 heterocycles. The van der Waals surface area contributed by atoms with E-state index in [9.17, 15) is 4.79 Å². The number of ether oxygens (including phenoxy) is 1. The lowest BCUT2D eigenvalue weighted by molar-refractivity contribution is 0.145. The maximum absolute atomic E-state index is 9.95. The molecule has 0 aromatic carbocycles. The number of hydrogen-bond acceptors (Lipinski definition) is 2. The monoisotopic (exact) mass is 171 g/mol. The van der Waals surface area contributed by atoms with Crippen molar-refractivity contribution in [2.75, 3.05) is 0 Å². The summed E-state index contributed by atoms with van der Waals surface area (Å²) in [6.45, 7) is 10.1. The Morgan fingerprint density at radius 1 is 1.42 bits per heavy atom. The van der Waals surface area contributed by atoms with Gasteiger partial charge in [-0.2, -0.15) is 0 Å². The van der Waals surface area contributed by atoms with Gasteiger partial charge in [-0.05, 0) is 24.7 Å². The van der Waals surface area contributed by atoms with E-state index in [0.29, 0.717) is 5.41 Å². The zero-order valence-electron chi connectivity index (χ0n) is 8.52. The van der Waals surface area contributed by atoms with Crippen molar-refractivity contribution < 1.29 is 9.53 Å². The third-order valence-corrected chi connectivity index (χ3v) is 1.89. The van der Waals surface area contributed by atoms with E-state index in [1.54, 1.807) is 0 Å². The van der Waals surface area contributed by atoms with Crippen LogP contribution in [0.3, 0.4) is 0 Å². The molecule has 0 spiro atoms. The van der Waals surface area contributed by atoms with Gasteiger partial charge in [0, 0.05) is 0 Å². The van der Waals surface area contributed by atoms with Crippen molar-refractivity contribution in [3.8, 4) is 0 Å². The summed E-state index contributed by atoms with van der Waals surface area (Å²) in [4.78, 5) is 9.95. The van der Waals surface area contributed by atoms with E-state index >= 15 is 0 Å². The Balaban J connectivity index is 3.64. The van der Waals surface area contributed by atoms with Crippen LogP contribution in [0.5, 0.6) is 0 Å². The van der Waals surface area contributed by atoms with Gasteiger partial charge in [0.25, 0.3) is 0 Å². The molecule has 0 fully saturated rings. The molecule has 0 aromatic rings. The highest BCUT2D eigenvalue weighted by Gasteiger charge is 2.14. The molecule has 71 valence electrons. The van der Waals surface area contributed by atoms with Crippen LogP contribution in [0.15, 0.2) is 0 Å². The fraction of sp³-hybridized carbons (Fsp3) is 0.900. The first-order chi connectivity index (χ1) is 5.49. The molecule has 2 heteroatoms. The SMILES string of the molecule is CCC(CCC(C)(C)C)O[C]=O. The molecule has 0 bridgehead atoms. The highest BCUT2D eigenvalue weighted by atomic mass is 16.5. The normalized spacial score (nSPS) is 14.0. The minimum atomic E-state index is 0.0572. The van der Waals surface area contributed by atoms with Gasteiger partial charge < -0.3 is 4.74 Å². The predicted molar refractivity (Wildman–Crippen MR) is 49.5 cm³/mol. The summed E-state index contributed by atoms with van der Waals surface area (Å²) in [6.07, 6.45) is 2.95. The van der Waals surface area contributed by atoms with Crippen LogP contribution in [0.25, 0.3) is 0 Å². The van der Waals surface area contributed by atoms with E-state index < -0.39 is 0 Å². The summed E-state index contributed by atoms with van der Waals surface area (Å²) in [5, 5.41) is 0. The van der Waals surface area contributed by atoms with Crippen molar-refractivity contribution in [1.29, 1.82) is 0 Å². The smallest absolute Gasteiger partial charge is 0.417 e. The molecule has 1 atom stereocenters. The standard InChI is InChI=1S/C10H19O2/c1-5-9(12-8-11)6-7-10(2,3)4/h9H,5-7H2,1-4H3. The van der Waals surface area contributed by atoms with Crippen molar-refractivity contribution in [3.05, 3.63) is 0 Å². The quantitative estimate of drug-likeness (QED) is 0.635. The highest BCUT2D eigenvalue weighted by Crippen LogP contribution is 2.22. The second kappa shape index (κ2) is 5.18. The molecule has 0 N–H and O–H groups in total. The Hall–Kier alpha value is -0.530. The summed E-state index contributed by atoms with van der Waals surface area (Å²) >= 11 is 0. The molecule has 0 aliphatic carbocycles. The lowest BCUT2D eigenvalue weighted by Crippen LogP contribution is -2.15. The molecule has 0 saturated carbocycles. The minimum Gasteiger partial charge on any atom is -0.454 e. The summed E-state index contributed by atoms with van der Waals surface area (Å²) in [6, 6.07) is 0. The summed E-state index contributed by atoms with van der Waals surface area (Å²) in [5.41, 5.74) is 0.319. The predicted octanol–water partition coefficient (Wildman–Crippen LogP) is 2.68. The Morgan fingerprint density at radius 2 is 2.00 bits per heavy atom. The molecular formula is C10H19O2. The Bertz CT molecular complexity index is 124.